The molecule has 7 heteroatoms. The van der Waals surface area contributed by atoms with Crippen LogP contribution in [0.25, 0.3) is 0 Å². The number of carboxylic acids is 2. The Morgan fingerprint density at radius 3 is 2.17 bits per heavy atom. The topological polar surface area (TPSA) is 101 Å². The number of hydrogen-bond acceptors (Lipinski definition) is 5. The lowest BCUT2D eigenvalue weighted by Gasteiger charge is -2.08. The molecule has 124 valence electrons. The highest BCUT2D eigenvalue weighted by molar-refractivity contribution is 7.99. The number of methoxy groups -OCH3 is 1. The second-order valence-corrected chi connectivity index (χ2v) is 5.96. The summed E-state index contributed by atoms with van der Waals surface area (Å²) in [6.45, 7) is 0. The van der Waals surface area contributed by atoms with Gasteiger partial charge < -0.3 is 14.9 Å². The van der Waals surface area contributed by atoms with E-state index < -0.39 is 17.9 Å². The van der Waals surface area contributed by atoms with Gasteiger partial charge in [-0.1, -0.05) is 17.8 Å². The minimum Gasteiger partial charge on any atom is -0.481 e. The van der Waals surface area contributed by atoms with Gasteiger partial charge in [-0.05, 0) is 42.0 Å². The van der Waals surface area contributed by atoms with E-state index >= 15 is 0 Å². The summed E-state index contributed by atoms with van der Waals surface area (Å²) in [6.07, 6.45) is -0.347. The molecule has 6 nitrogen and oxygen atoms in total. The summed E-state index contributed by atoms with van der Waals surface area (Å²) in [5, 5.41) is 18.1. The molecule has 0 heterocycles. The van der Waals surface area contributed by atoms with E-state index in [2.05, 4.69) is 4.74 Å². The number of aliphatic carboxylic acids is 1. The van der Waals surface area contributed by atoms with Crippen molar-refractivity contribution in [1.29, 1.82) is 0 Å². The summed E-state index contributed by atoms with van der Waals surface area (Å²) in [6, 6.07) is 11.3. The van der Waals surface area contributed by atoms with Crippen LogP contribution in [0.2, 0.25) is 0 Å². The maximum absolute atomic E-state index is 11.4. The molecule has 2 N–H and O–H groups in total. The molecule has 2 aromatic rings. The smallest absolute Gasteiger partial charge is 0.337 e. The number of carbonyl (C=O) groups is 3. The average molecular weight is 346 g/mol. The fourth-order valence-corrected chi connectivity index (χ4v) is 2.91. The molecule has 0 aliphatic heterocycles. The van der Waals surface area contributed by atoms with E-state index in [4.69, 9.17) is 5.11 Å². The van der Waals surface area contributed by atoms with Crippen molar-refractivity contribution < 1.29 is 29.3 Å². The molecule has 0 fully saturated rings. The van der Waals surface area contributed by atoms with E-state index in [-0.39, 0.29) is 17.5 Å². The Balaban J connectivity index is 2.23. The Kier molecular flexibility index (Phi) is 5.59. The van der Waals surface area contributed by atoms with Gasteiger partial charge in [0.1, 0.15) is 0 Å². The first-order chi connectivity index (χ1) is 11.4. The van der Waals surface area contributed by atoms with Gasteiger partial charge >= 0.3 is 17.9 Å². The van der Waals surface area contributed by atoms with Gasteiger partial charge in [-0.25, -0.2) is 9.59 Å². The lowest BCUT2D eigenvalue weighted by Crippen LogP contribution is -2.07. The molecule has 0 radical (unpaired) electrons. The zero-order valence-electron chi connectivity index (χ0n) is 12.7. The van der Waals surface area contributed by atoms with Gasteiger partial charge in [0.05, 0.1) is 24.7 Å². The average Bonchev–Trinajstić information content (AvgIpc) is 2.55. The van der Waals surface area contributed by atoms with Crippen LogP contribution in [0, 0.1) is 0 Å². The van der Waals surface area contributed by atoms with Crippen LogP contribution in [-0.2, 0) is 16.0 Å². The van der Waals surface area contributed by atoms with Gasteiger partial charge in [-0.3, -0.25) is 4.79 Å². The normalized spacial score (nSPS) is 10.2. The van der Waals surface area contributed by atoms with Gasteiger partial charge in [0, 0.05) is 9.79 Å². The van der Waals surface area contributed by atoms with Crippen molar-refractivity contribution >= 4 is 29.7 Å². The summed E-state index contributed by atoms with van der Waals surface area (Å²) in [7, 11) is 1.30. The fraction of sp³-hybridized carbons (Fsp3) is 0.118. The van der Waals surface area contributed by atoms with E-state index in [1.165, 1.54) is 31.0 Å². The van der Waals surface area contributed by atoms with Crippen molar-refractivity contribution in [3.8, 4) is 0 Å². The maximum atomic E-state index is 11.4. The van der Waals surface area contributed by atoms with Crippen molar-refractivity contribution in [3.05, 3.63) is 59.2 Å². The van der Waals surface area contributed by atoms with Crippen LogP contribution in [0.5, 0.6) is 0 Å². The van der Waals surface area contributed by atoms with Crippen molar-refractivity contribution in [2.45, 2.75) is 16.2 Å². The molecular formula is C17H14O6S. The zero-order chi connectivity index (χ0) is 17.7. The van der Waals surface area contributed by atoms with Gasteiger partial charge in [0.2, 0.25) is 0 Å². The predicted molar refractivity (Wildman–Crippen MR) is 86.6 cm³/mol. The van der Waals surface area contributed by atoms with Crippen LogP contribution in [0.1, 0.15) is 26.3 Å². The monoisotopic (exact) mass is 346 g/mol. The molecule has 2 rings (SSSR count). The summed E-state index contributed by atoms with van der Waals surface area (Å²) in [5.74, 6) is -2.69. The molecule has 2 aromatic carbocycles. The summed E-state index contributed by atoms with van der Waals surface area (Å²) < 4.78 is 4.62. The molecule has 0 saturated heterocycles. The molecule has 0 atom stereocenters. The Hall–Kier alpha value is -2.80. The number of benzene rings is 2. The minimum atomic E-state index is -1.17. The van der Waals surface area contributed by atoms with Crippen molar-refractivity contribution in [1.82, 2.24) is 0 Å². The summed E-state index contributed by atoms with van der Waals surface area (Å²) in [4.78, 5) is 35.0. The molecule has 0 amide bonds. The van der Waals surface area contributed by atoms with Gasteiger partial charge in [0.25, 0.3) is 0 Å². The highest BCUT2D eigenvalue weighted by atomic mass is 32.2. The molecule has 0 bridgehead atoms. The van der Waals surface area contributed by atoms with Crippen LogP contribution in [0.3, 0.4) is 0 Å². The number of carboxylic acid groups (broad SMARTS) is 2. The van der Waals surface area contributed by atoms with E-state index in [1.807, 2.05) is 0 Å². The van der Waals surface area contributed by atoms with E-state index in [0.29, 0.717) is 10.5 Å². The van der Waals surface area contributed by atoms with Gasteiger partial charge in [-0.15, -0.1) is 0 Å². The van der Waals surface area contributed by atoms with Gasteiger partial charge in [0.15, 0.2) is 0 Å². The standard InChI is InChI=1S/C17H14O6S/c1-23-17(22)10-2-5-12(6-3-10)24-13-7-4-11(8-15(18)19)14(9-13)16(20)21/h2-7,9H,8H2,1H3,(H,18,19)(H,20,21). The summed E-state index contributed by atoms with van der Waals surface area (Å²) >= 11 is 1.31. The Morgan fingerprint density at radius 1 is 1.00 bits per heavy atom. The highest BCUT2D eigenvalue weighted by Gasteiger charge is 2.14. The Morgan fingerprint density at radius 2 is 1.62 bits per heavy atom. The third kappa shape index (κ3) is 4.36. The predicted octanol–water partition coefficient (Wildman–Crippen LogP) is 2.95. The molecule has 24 heavy (non-hydrogen) atoms. The second-order valence-electron chi connectivity index (χ2n) is 4.81. The molecule has 0 saturated carbocycles. The SMILES string of the molecule is COC(=O)c1ccc(Sc2ccc(CC(=O)O)c(C(=O)O)c2)cc1. The van der Waals surface area contributed by atoms with Crippen LogP contribution in [0.15, 0.2) is 52.3 Å². The number of ether oxygens (including phenoxy) is 1. The molecule has 0 aromatic heterocycles. The number of aromatic carboxylic acids is 1. The van der Waals surface area contributed by atoms with Crippen molar-refractivity contribution in [2.75, 3.05) is 7.11 Å². The third-order valence-corrected chi connectivity index (χ3v) is 4.16. The van der Waals surface area contributed by atoms with E-state index in [9.17, 15) is 19.5 Å². The number of hydrogen-bond donors (Lipinski definition) is 2. The molecule has 0 aliphatic carbocycles. The van der Waals surface area contributed by atoms with E-state index in [0.717, 1.165) is 4.90 Å². The Bertz CT molecular complexity index is 782. The molecule has 0 aliphatic rings. The second kappa shape index (κ2) is 7.65. The van der Waals surface area contributed by atoms with Crippen molar-refractivity contribution in [2.24, 2.45) is 0 Å². The fourth-order valence-electron chi connectivity index (χ4n) is 2.05. The lowest BCUT2D eigenvalue weighted by atomic mass is 10.1. The van der Waals surface area contributed by atoms with Crippen LogP contribution in [0.4, 0.5) is 0 Å². The first-order valence-electron chi connectivity index (χ1n) is 6.85. The maximum Gasteiger partial charge on any atom is 0.337 e. The molecule has 0 unspecified atom stereocenters. The lowest BCUT2D eigenvalue weighted by molar-refractivity contribution is -0.136. The third-order valence-electron chi connectivity index (χ3n) is 3.16. The van der Waals surface area contributed by atoms with Crippen LogP contribution >= 0.6 is 11.8 Å². The van der Waals surface area contributed by atoms with Crippen molar-refractivity contribution in [3.63, 3.8) is 0 Å². The number of esters is 1. The summed E-state index contributed by atoms with van der Waals surface area (Å²) in [5.41, 5.74) is 0.638. The quantitative estimate of drug-likeness (QED) is 0.775. The first-order valence-corrected chi connectivity index (χ1v) is 7.66. The van der Waals surface area contributed by atoms with Crippen LogP contribution < -0.4 is 0 Å². The number of carbonyl (C=O) groups excluding carboxylic acids is 1. The molecular weight excluding hydrogens is 332 g/mol. The molecule has 0 spiro atoms. The van der Waals surface area contributed by atoms with E-state index in [1.54, 1.807) is 30.3 Å². The largest absolute Gasteiger partial charge is 0.481 e. The highest BCUT2D eigenvalue weighted by Crippen LogP contribution is 2.29. The Labute approximate surface area is 142 Å². The minimum absolute atomic E-state index is 0.0337. The first kappa shape index (κ1) is 17.6. The zero-order valence-corrected chi connectivity index (χ0v) is 13.5. The van der Waals surface area contributed by atoms with Crippen LogP contribution in [-0.4, -0.2) is 35.2 Å². The number of rotatable bonds is 6. The van der Waals surface area contributed by atoms with Gasteiger partial charge in [-0.2, -0.15) is 0 Å².